The van der Waals surface area contributed by atoms with Crippen LogP contribution in [0.2, 0.25) is 0 Å². The van der Waals surface area contributed by atoms with Crippen LogP contribution >= 0.6 is 0 Å². The smallest absolute Gasteiger partial charge is 0.207 e. The second-order valence-electron chi connectivity index (χ2n) is 6.76. The Morgan fingerprint density at radius 3 is 2.12 bits per heavy atom. The molecule has 0 fully saturated rings. The third-order valence-electron chi connectivity index (χ3n) is 4.40. The Balaban J connectivity index is 2.41. The van der Waals surface area contributed by atoms with Crippen molar-refractivity contribution in [3.8, 4) is 6.07 Å². The molecule has 5 heteroatoms. The van der Waals surface area contributed by atoms with Crippen molar-refractivity contribution in [3.63, 3.8) is 0 Å². The second kappa shape index (κ2) is 12.1. The lowest BCUT2D eigenvalue weighted by Crippen LogP contribution is -2.34. The predicted octanol–water partition coefficient (Wildman–Crippen LogP) is 5.09. The molecule has 4 nitrogen and oxygen atoms in total. The fourth-order valence-corrected chi connectivity index (χ4v) is 4.11. The first kappa shape index (κ1) is 21.7. The van der Waals surface area contributed by atoms with Gasteiger partial charge in [0.2, 0.25) is 10.0 Å². The molecule has 1 N–H and O–H groups in total. The molecular formula is C20H32N2O2S. The Bertz CT molecular complexity index is 618. The van der Waals surface area contributed by atoms with Crippen LogP contribution < -0.4 is 4.72 Å². The number of nitriles is 1. The van der Waals surface area contributed by atoms with Crippen LogP contribution in [0.1, 0.15) is 76.7 Å². The topological polar surface area (TPSA) is 70.0 Å². The van der Waals surface area contributed by atoms with Gasteiger partial charge in [-0.25, -0.2) is 13.1 Å². The molecule has 1 unspecified atom stereocenters. The molecule has 0 heterocycles. The molecule has 0 aliphatic rings. The van der Waals surface area contributed by atoms with Crippen molar-refractivity contribution in [2.24, 2.45) is 0 Å². The Kier molecular flexibility index (Phi) is 10.4. The van der Waals surface area contributed by atoms with Crippen LogP contribution in [0.4, 0.5) is 0 Å². The van der Waals surface area contributed by atoms with Gasteiger partial charge in [0.1, 0.15) is 0 Å². The van der Waals surface area contributed by atoms with Crippen molar-refractivity contribution < 1.29 is 8.42 Å². The van der Waals surface area contributed by atoms with Crippen LogP contribution in [0, 0.1) is 18.3 Å². The summed E-state index contributed by atoms with van der Waals surface area (Å²) < 4.78 is 27.6. The molecule has 0 amide bonds. The number of aryl methyl sites for hydroxylation is 1. The van der Waals surface area contributed by atoms with Crippen molar-refractivity contribution >= 4 is 10.0 Å². The summed E-state index contributed by atoms with van der Waals surface area (Å²) in [6.45, 7) is 4.14. The highest BCUT2D eigenvalue weighted by atomic mass is 32.2. The fraction of sp³-hybridized carbons (Fsp3) is 0.650. The molecule has 0 saturated heterocycles. The number of benzene rings is 1. The van der Waals surface area contributed by atoms with Crippen LogP contribution in [-0.2, 0) is 10.0 Å². The summed E-state index contributed by atoms with van der Waals surface area (Å²) in [4.78, 5) is 0.261. The molecule has 0 aliphatic carbocycles. The molecule has 0 aromatic heterocycles. The lowest BCUT2D eigenvalue weighted by Gasteiger charge is -2.16. The van der Waals surface area contributed by atoms with Gasteiger partial charge in [0.05, 0.1) is 17.4 Å². The van der Waals surface area contributed by atoms with Gasteiger partial charge in [0.25, 0.3) is 0 Å². The van der Waals surface area contributed by atoms with E-state index in [9.17, 15) is 8.42 Å². The van der Waals surface area contributed by atoms with Crippen LogP contribution in [-0.4, -0.2) is 14.5 Å². The van der Waals surface area contributed by atoms with Crippen molar-refractivity contribution in [2.75, 3.05) is 0 Å². The van der Waals surface area contributed by atoms with E-state index in [0.29, 0.717) is 6.42 Å². The number of sulfonamides is 1. The lowest BCUT2D eigenvalue weighted by atomic mass is 10.0. The second-order valence-corrected chi connectivity index (χ2v) is 8.47. The maximum absolute atomic E-state index is 12.4. The number of unbranched alkanes of at least 4 members (excludes halogenated alkanes) is 7. The van der Waals surface area contributed by atoms with Gasteiger partial charge in [0.15, 0.2) is 0 Å². The third-order valence-corrected chi connectivity index (χ3v) is 5.93. The van der Waals surface area contributed by atoms with Crippen LogP contribution in [0.25, 0.3) is 0 Å². The first-order valence-electron chi connectivity index (χ1n) is 9.45. The van der Waals surface area contributed by atoms with E-state index < -0.39 is 10.0 Å². The molecule has 0 radical (unpaired) electrons. The molecule has 1 rings (SSSR count). The zero-order valence-corrected chi connectivity index (χ0v) is 16.4. The van der Waals surface area contributed by atoms with Crippen molar-refractivity contribution in [3.05, 3.63) is 29.8 Å². The maximum atomic E-state index is 12.4. The van der Waals surface area contributed by atoms with Crippen LogP contribution in [0.3, 0.4) is 0 Å². The monoisotopic (exact) mass is 364 g/mol. The minimum atomic E-state index is -3.56. The summed E-state index contributed by atoms with van der Waals surface area (Å²) in [5, 5.41) is 8.98. The minimum absolute atomic E-state index is 0.210. The maximum Gasteiger partial charge on any atom is 0.240 e. The molecule has 0 saturated carbocycles. The average Bonchev–Trinajstić information content (AvgIpc) is 2.57. The molecule has 0 bridgehead atoms. The first-order chi connectivity index (χ1) is 12.0. The van der Waals surface area contributed by atoms with Gasteiger partial charge in [-0.2, -0.15) is 5.26 Å². The molecular weight excluding hydrogens is 332 g/mol. The van der Waals surface area contributed by atoms with Gasteiger partial charge in [-0.05, 0) is 25.5 Å². The quantitative estimate of drug-likeness (QED) is 0.496. The van der Waals surface area contributed by atoms with Crippen molar-refractivity contribution in [1.29, 1.82) is 5.26 Å². The molecule has 0 spiro atoms. The SMILES string of the molecule is CCCCCCCCCCC(CC#N)NS(=O)(=O)c1ccc(C)cc1. The van der Waals surface area contributed by atoms with Gasteiger partial charge in [-0.1, -0.05) is 76.0 Å². The Morgan fingerprint density at radius 2 is 1.56 bits per heavy atom. The molecule has 140 valence electrons. The van der Waals surface area contributed by atoms with E-state index in [2.05, 4.69) is 17.7 Å². The highest BCUT2D eigenvalue weighted by Crippen LogP contribution is 2.15. The number of nitrogens with zero attached hydrogens (tertiary/aromatic N) is 1. The van der Waals surface area contributed by atoms with Crippen molar-refractivity contribution in [2.45, 2.75) is 89.0 Å². The zero-order chi connectivity index (χ0) is 18.5. The summed E-state index contributed by atoms with van der Waals surface area (Å²) in [7, 11) is -3.56. The summed E-state index contributed by atoms with van der Waals surface area (Å²) in [6, 6.07) is 8.58. The third kappa shape index (κ3) is 9.04. The molecule has 0 aliphatic heterocycles. The average molecular weight is 365 g/mol. The van der Waals surface area contributed by atoms with Gasteiger partial charge in [0, 0.05) is 6.04 Å². The fourth-order valence-electron chi connectivity index (χ4n) is 2.84. The van der Waals surface area contributed by atoms with Gasteiger partial charge < -0.3 is 0 Å². The van der Waals surface area contributed by atoms with E-state index in [1.165, 1.54) is 38.5 Å². The summed E-state index contributed by atoms with van der Waals surface area (Å²) >= 11 is 0. The molecule has 25 heavy (non-hydrogen) atoms. The number of hydrogen-bond acceptors (Lipinski definition) is 3. The standard InChI is InChI=1S/C20H32N2O2S/c1-3-4-5-6-7-8-9-10-11-19(16-17-21)22-25(23,24)20-14-12-18(2)13-15-20/h12-15,19,22H,3-11,16H2,1-2H3. The summed E-state index contributed by atoms with van der Waals surface area (Å²) in [5.74, 6) is 0. The highest BCUT2D eigenvalue weighted by Gasteiger charge is 2.19. The van der Waals surface area contributed by atoms with Crippen molar-refractivity contribution in [1.82, 2.24) is 4.72 Å². The largest absolute Gasteiger partial charge is 0.240 e. The zero-order valence-electron chi connectivity index (χ0n) is 15.6. The highest BCUT2D eigenvalue weighted by molar-refractivity contribution is 7.89. The van der Waals surface area contributed by atoms with Gasteiger partial charge in [-0.3, -0.25) is 0 Å². The summed E-state index contributed by atoms with van der Waals surface area (Å²) in [6.07, 6.45) is 10.6. The van der Waals surface area contributed by atoms with Gasteiger partial charge in [-0.15, -0.1) is 0 Å². The number of rotatable bonds is 13. The van der Waals surface area contributed by atoms with E-state index in [4.69, 9.17) is 5.26 Å². The number of hydrogen-bond donors (Lipinski definition) is 1. The minimum Gasteiger partial charge on any atom is -0.207 e. The molecule has 1 aromatic rings. The Morgan fingerprint density at radius 1 is 1.00 bits per heavy atom. The Labute approximate surface area is 153 Å². The number of nitrogens with one attached hydrogen (secondary N) is 1. The molecule has 1 aromatic carbocycles. The van der Waals surface area contributed by atoms with E-state index in [0.717, 1.165) is 18.4 Å². The van der Waals surface area contributed by atoms with E-state index in [1.54, 1.807) is 24.3 Å². The van der Waals surface area contributed by atoms with E-state index >= 15 is 0 Å². The van der Waals surface area contributed by atoms with Crippen LogP contribution in [0.5, 0.6) is 0 Å². The lowest BCUT2D eigenvalue weighted by molar-refractivity contribution is 0.496. The van der Waals surface area contributed by atoms with E-state index in [-0.39, 0.29) is 17.4 Å². The predicted molar refractivity (Wildman–Crippen MR) is 103 cm³/mol. The normalized spacial score (nSPS) is 12.7. The van der Waals surface area contributed by atoms with Crippen LogP contribution in [0.15, 0.2) is 29.2 Å². The summed E-state index contributed by atoms with van der Waals surface area (Å²) in [5.41, 5.74) is 1.02. The Hall–Kier alpha value is -1.38. The first-order valence-corrected chi connectivity index (χ1v) is 10.9. The molecule has 1 atom stereocenters. The van der Waals surface area contributed by atoms with E-state index in [1.807, 2.05) is 6.92 Å². The van der Waals surface area contributed by atoms with Gasteiger partial charge >= 0.3 is 0 Å².